The monoisotopic (exact) mass is 290 g/mol. The van der Waals surface area contributed by atoms with Crippen LogP contribution < -0.4 is 0 Å². The quantitative estimate of drug-likeness (QED) is 0.868. The number of rotatable bonds is 1. The van der Waals surface area contributed by atoms with Crippen molar-refractivity contribution in [1.82, 2.24) is 4.98 Å². The topological polar surface area (TPSA) is 45.5 Å². The molecule has 2 aromatic rings. The number of benzene rings is 1. The number of aromatic hydroxyl groups is 1. The van der Waals surface area contributed by atoms with Gasteiger partial charge in [-0.1, -0.05) is 24.6 Å². The second-order valence-electron chi connectivity index (χ2n) is 5.28. The van der Waals surface area contributed by atoms with Crippen LogP contribution in [0.1, 0.15) is 30.7 Å². The van der Waals surface area contributed by atoms with Crippen molar-refractivity contribution >= 4 is 38.4 Å². The molecule has 1 fully saturated rings. The van der Waals surface area contributed by atoms with Gasteiger partial charge in [0, 0.05) is 4.75 Å². The Morgan fingerprint density at radius 2 is 2.05 bits per heavy atom. The van der Waals surface area contributed by atoms with Crippen LogP contribution >= 0.6 is 23.1 Å². The summed E-state index contributed by atoms with van der Waals surface area (Å²) < 4.78 is 1.40. The van der Waals surface area contributed by atoms with Crippen LogP contribution in [0.3, 0.4) is 0 Å². The zero-order chi connectivity index (χ0) is 12.9. The molecule has 1 aliphatic carbocycles. The molecule has 0 saturated heterocycles. The number of phenols is 1. The molecule has 1 saturated carbocycles. The molecule has 1 aromatic heterocycles. The zero-order valence-corrected chi connectivity index (χ0v) is 12.1. The second kappa shape index (κ2) is 4.21. The third-order valence-electron chi connectivity index (χ3n) is 3.89. The Balaban J connectivity index is 1.68. The summed E-state index contributed by atoms with van der Waals surface area (Å²) in [6.07, 6.45) is 5.25. The molecule has 1 aliphatic heterocycles. The minimum Gasteiger partial charge on any atom is -0.508 e. The third-order valence-corrected chi connectivity index (χ3v) is 6.53. The summed E-state index contributed by atoms with van der Waals surface area (Å²) >= 11 is 3.56. The van der Waals surface area contributed by atoms with E-state index in [-0.39, 0.29) is 0 Å². The van der Waals surface area contributed by atoms with Gasteiger partial charge in [-0.3, -0.25) is 4.99 Å². The van der Waals surface area contributed by atoms with Crippen molar-refractivity contribution in [3.63, 3.8) is 0 Å². The number of aliphatic imine (C=N–C) groups is 1. The summed E-state index contributed by atoms with van der Waals surface area (Å²) in [6, 6.07) is 5.34. The number of hydrogen-bond acceptors (Lipinski definition) is 5. The maximum atomic E-state index is 9.52. The number of aromatic nitrogens is 1. The molecule has 19 heavy (non-hydrogen) atoms. The number of nitrogens with zero attached hydrogens (tertiary/aromatic N) is 2. The van der Waals surface area contributed by atoms with Crippen molar-refractivity contribution in [3.8, 4) is 5.75 Å². The predicted octanol–water partition coefficient (Wildman–Crippen LogP) is 3.81. The Morgan fingerprint density at radius 1 is 1.21 bits per heavy atom. The van der Waals surface area contributed by atoms with Crippen LogP contribution in [0, 0.1) is 0 Å². The fourth-order valence-corrected chi connectivity index (χ4v) is 5.33. The minimum absolute atomic E-state index is 0.302. The average Bonchev–Trinajstić information content (AvgIpc) is 3.10. The summed E-state index contributed by atoms with van der Waals surface area (Å²) in [5.74, 6) is 0.302. The number of hydrogen-bond donors (Lipinski definition) is 1. The highest BCUT2D eigenvalue weighted by molar-refractivity contribution is 8.16. The van der Waals surface area contributed by atoms with Crippen molar-refractivity contribution in [1.29, 1.82) is 0 Å². The first-order valence-electron chi connectivity index (χ1n) is 6.58. The molecule has 2 heterocycles. The molecule has 1 spiro atoms. The number of fused-ring (bicyclic) bond motifs is 1. The molecule has 0 unspecified atom stereocenters. The molecule has 3 nitrogen and oxygen atoms in total. The van der Waals surface area contributed by atoms with Gasteiger partial charge in [0.1, 0.15) is 15.8 Å². The standard InChI is InChI=1S/C14H14N2OS2/c17-9-3-4-10-11(7-9)18-13(16-10)12-15-8-14(19-12)5-1-2-6-14/h3-4,7,17H,1-2,5-6,8H2. The Bertz CT molecular complexity index is 671. The van der Waals surface area contributed by atoms with E-state index in [1.807, 2.05) is 17.8 Å². The molecule has 98 valence electrons. The van der Waals surface area contributed by atoms with Gasteiger partial charge >= 0.3 is 0 Å². The lowest BCUT2D eigenvalue weighted by Crippen LogP contribution is -2.20. The van der Waals surface area contributed by atoms with E-state index >= 15 is 0 Å². The summed E-state index contributed by atoms with van der Waals surface area (Å²) in [4.78, 5) is 9.37. The average molecular weight is 290 g/mol. The summed E-state index contributed by atoms with van der Waals surface area (Å²) in [5, 5.41) is 11.6. The molecule has 4 rings (SSSR count). The van der Waals surface area contributed by atoms with Crippen LogP contribution in [0.4, 0.5) is 0 Å². The van der Waals surface area contributed by atoms with Crippen LogP contribution in [-0.2, 0) is 0 Å². The molecular formula is C14H14N2OS2. The maximum Gasteiger partial charge on any atom is 0.149 e. The normalized spacial score (nSPS) is 21.4. The first-order valence-corrected chi connectivity index (χ1v) is 8.21. The lowest BCUT2D eigenvalue weighted by molar-refractivity contribution is 0.476. The van der Waals surface area contributed by atoms with Crippen LogP contribution in [0.15, 0.2) is 23.2 Å². The van der Waals surface area contributed by atoms with E-state index in [1.54, 1.807) is 23.5 Å². The van der Waals surface area contributed by atoms with Gasteiger partial charge in [-0.25, -0.2) is 4.98 Å². The van der Waals surface area contributed by atoms with E-state index in [4.69, 9.17) is 4.99 Å². The first kappa shape index (κ1) is 11.7. The van der Waals surface area contributed by atoms with Gasteiger partial charge < -0.3 is 5.11 Å². The highest BCUT2D eigenvalue weighted by atomic mass is 32.2. The molecule has 0 bridgehead atoms. The number of thioether (sulfide) groups is 1. The third kappa shape index (κ3) is 1.96. The van der Waals surface area contributed by atoms with E-state index < -0.39 is 0 Å². The fraction of sp³-hybridized carbons (Fsp3) is 0.429. The molecule has 0 atom stereocenters. The zero-order valence-electron chi connectivity index (χ0n) is 10.4. The Kier molecular flexibility index (Phi) is 2.60. The smallest absolute Gasteiger partial charge is 0.149 e. The minimum atomic E-state index is 0.302. The van der Waals surface area contributed by atoms with Gasteiger partial charge in [0.25, 0.3) is 0 Å². The van der Waals surface area contributed by atoms with Gasteiger partial charge in [-0.15, -0.1) is 11.3 Å². The van der Waals surface area contributed by atoms with E-state index in [0.29, 0.717) is 10.5 Å². The molecule has 2 aliphatic rings. The van der Waals surface area contributed by atoms with Gasteiger partial charge in [-0.05, 0) is 31.0 Å². The second-order valence-corrected chi connectivity index (χ2v) is 7.77. The predicted molar refractivity (Wildman–Crippen MR) is 81.5 cm³/mol. The first-order chi connectivity index (χ1) is 9.24. The van der Waals surface area contributed by atoms with Gasteiger partial charge in [0.15, 0.2) is 0 Å². The van der Waals surface area contributed by atoms with Crippen molar-refractivity contribution in [2.45, 2.75) is 30.4 Å². The van der Waals surface area contributed by atoms with E-state index in [2.05, 4.69) is 4.98 Å². The van der Waals surface area contributed by atoms with Crippen LogP contribution in [0.2, 0.25) is 0 Å². The van der Waals surface area contributed by atoms with Crippen LogP contribution in [0.5, 0.6) is 5.75 Å². The highest BCUT2D eigenvalue weighted by Crippen LogP contribution is 2.47. The van der Waals surface area contributed by atoms with Crippen molar-refractivity contribution < 1.29 is 5.11 Å². The summed E-state index contributed by atoms with van der Waals surface area (Å²) in [5.41, 5.74) is 0.952. The lowest BCUT2D eigenvalue weighted by Gasteiger charge is -2.19. The van der Waals surface area contributed by atoms with E-state index in [0.717, 1.165) is 26.8 Å². The van der Waals surface area contributed by atoms with Crippen molar-refractivity contribution in [2.24, 2.45) is 4.99 Å². The highest BCUT2D eigenvalue weighted by Gasteiger charge is 2.40. The largest absolute Gasteiger partial charge is 0.508 e. The van der Waals surface area contributed by atoms with Gasteiger partial charge in [-0.2, -0.15) is 0 Å². The van der Waals surface area contributed by atoms with Crippen molar-refractivity contribution in [2.75, 3.05) is 6.54 Å². The fourth-order valence-electron chi connectivity index (χ4n) is 2.88. The summed E-state index contributed by atoms with van der Waals surface area (Å²) in [6.45, 7) is 0.953. The SMILES string of the molecule is Oc1ccc2nc(C3=NCC4(CCCC4)S3)sc2c1. The Labute approximate surface area is 119 Å². The summed E-state index contributed by atoms with van der Waals surface area (Å²) in [7, 11) is 0. The van der Waals surface area contributed by atoms with E-state index in [1.165, 1.54) is 25.7 Å². The number of phenolic OH excluding ortho intramolecular Hbond substituents is 1. The van der Waals surface area contributed by atoms with E-state index in [9.17, 15) is 5.11 Å². The number of thiazole rings is 1. The molecule has 1 aromatic carbocycles. The van der Waals surface area contributed by atoms with Crippen LogP contribution in [-0.4, -0.2) is 26.4 Å². The Hall–Kier alpha value is -1.07. The molecule has 0 amide bonds. The maximum absolute atomic E-state index is 9.52. The Morgan fingerprint density at radius 3 is 2.89 bits per heavy atom. The van der Waals surface area contributed by atoms with Gasteiger partial charge in [0.2, 0.25) is 0 Å². The molecular weight excluding hydrogens is 276 g/mol. The molecule has 5 heteroatoms. The van der Waals surface area contributed by atoms with Crippen LogP contribution in [0.25, 0.3) is 10.2 Å². The lowest BCUT2D eigenvalue weighted by atomic mass is 10.1. The van der Waals surface area contributed by atoms with Crippen molar-refractivity contribution in [3.05, 3.63) is 23.2 Å². The molecule has 0 radical (unpaired) electrons. The van der Waals surface area contributed by atoms with Gasteiger partial charge in [0.05, 0.1) is 16.8 Å². The molecule has 1 N–H and O–H groups in total.